The maximum absolute atomic E-state index is 12.7. The first-order valence-electron chi connectivity index (χ1n) is 8.03. The average Bonchev–Trinajstić information content (AvgIpc) is 3.07. The van der Waals surface area contributed by atoms with Crippen molar-refractivity contribution in [2.75, 3.05) is 23.3 Å². The molecule has 0 saturated carbocycles. The lowest BCUT2D eigenvalue weighted by Crippen LogP contribution is -2.25. The van der Waals surface area contributed by atoms with Crippen LogP contribution in [-0.4, -0.2) is 33.9 Å². The van der Waals surface area contributed by atoms with Crippen LogP contribution >= 0.6 is 0 Å². The summed E-state index contributed by atoms with van der Waals surface area (Å²) in [5, 5.41) is 0. The van der Waals surface area contributed by atoms with Crippen LogP contribution in [-0.2, 0) is 19.6 Å². The van der Waals surface area contributed by atoms with Gasteiger partial charge in [0.2, 0.25) is 5.91 Å². The van der Waals surface area contributed by atoms with E-state index in [0.29, 0.717) is 24.3 Å². The third-order valence-corrected chi connectivity index (χ3v) is 5.44. The van der Waals surface area contributed by atoms with E-state index in [4.69, 9.17) is 0 Å². The first-order chi connectivity index (χ1) is 12.4. The molecule has 3 rings (SSSR count). The van der Waals surface area contributed by atoms with Gasteiger partial charge in [-0.2, -0.15) is 0 Å². The number of anilines is 2. The van der Waals surface area contributed by atoms with Crippen LogP contribution in [0.25, 0.3) is 0 Å². The number of para-hydroxylation sites is 2. The van der Waals surface area contributed by atoms with Crippen LogP contribution in [0.5, 0.6) is 0 Å². The lowest BCUT2D eigenvalue weighted by molar-refractivity contribution is -0.117. The van der Waals surface area contributed by atoms with Gasteiger partial charge in [0.25, 0.3) is 10.0 Å². The summed E-state index contributed by atoms with van der Waals surface area (Å²) in [6, 6.07) is 12.3. The highest BCUT2D eigenvalue weighted by molar-refractivity contribution is 7.92. The third kappa shape index (κ3) is 3.55. The zero-order chi connectivity index (χ0) is 18.7. The summed E-state index contributed by atoms with van der Waals surface area (Å²) >= 11 is 0. The van der Waals surface area contributed by atoms with Crippen LogP contribution in [0.15, 0.2) is 53.4 Å². The van der Waals surface area contributed by atoms with E-state index in [1.54, 1.807) is 29.2 Å². The summed E-state index contributed by atoms with van der Waals surface area (Å²) in [7, 11) is -2.72. The van der Waals surface area contributed by atoms with Gasteiger partial charge in [-0.05, 0) is 36.8 Å². The molecule has 1 heterocycles. The molecule has 1 N–H and O–H groups in total. The van der Waals surface area contributed by atoms with Gasteiger partial charge in [-0.3, -0.25) is 9.52 Å². The molecular formula is C18H18N2O5S. The highest BCUT2D eigenvalue weighted by Crippen LogP contribution is 2.31. The van der Waals surface area contributed by atoms with Crippen LogP contribution < -0.4 is 9.62 Å². The molecule has 0 aliphatic carbocycles. The molecule has 1 aliphatic rings. The molecule has 0 radical (unpaired) electrons. The summed E-state index contributed by atoms with van der Waals surface area (Å²) in [6.07, 6.45) is 1.18. The van der Waals surface area contributed by atoms with E-state index in [0.717, 1.165) is 6.42 Å². The van der Waals surface area contributed by atoms with E-state index in [1.165, 1.54) is 31.4 Å². The predicted molar refractivity (Wildman–Crippen MR) is 96.6 cm³/mol. The molecule has 2 aromatic carbocycles. The summed E-state index contributed by atoms with van der Waals surface area (Å²) in [5.41, 5.74) is 0.965. The summed E-state index contributed by atoms with van der Waals surface area (Å²) in [5.74, 6) is -0.658. The Morgan fingerprint density at radius 3 is 2.62 bits per heavy atom. The van der Waals surface area contributed by atoms with Crippen molar-refractivity contribution in [3.05, 3.63) is 54.1 Å². The number of carbonyl (C=O) groups excluding carboxylic acids is 2. The molecule has 1 aliphatic heterocycles. The molecule has 1 fully saturated rings. The Hall–Kier alpha value is -2.87. The quantitative estimate of drug-likeness (QED) is 0.811. The smallest absolute Gasteiger partial charge is 0.337 e. The van der Waals surface area contributed by atoms with Gasteiger partial charge >= 0.3 is 5.97 Å². The van der Waals surface area contributed by atoms with Crippen molar-refractivity contribution >= 4 is 33.3 Å². The number of sulfonamides is 1. The number of hydrogen-bond donors (Lipinski definition) is 1. The number of esters is 1. The highest BCUT2D eigenvalue weighted by Gasteiger charge is 2.25. The number of nitrogens with zero attached hydrogens (tertiary/aromatic N) is 1. The molecule has 7 nitrogen and oxygen atoms in total. The topological polar surface area (TPSA) is 92.8 Å². The van der Waals surface area contributed by atoms with Gasteiger partial charge < -0.3 is 9.64 Å². The Bertz CT molecular complexity index is 956. The summed E-state index contributed by atoms with van der Waals surface area (Å²) in [4.78, 5) is 25.2. The molecule has 0 bridgehead atoms. The van der Waals surface area contributed by atoms with Crippen LogP contribution in [0.3, 0.4) is 0 Å². The van der Waals surface area contributed by atoms with Gasteiger partial charge in [0.15, 0.2) is 0 Å². The van der Waals surface area contributed by atoms with Crippen molar-refractivity contribution in [2.24, 2.45) is 0 Å². The van der Waals surface area contributed by atoms with Crippen molar-refractivity contribution in [3.8, 4) is 0 Å². The number of hydrogen-bond acceptors (Lipinski definition) is 5. The minimum Gasteiger partial charge on any atom is -0.465 e. The first kappa shape index (κ1) is 17.9. The minimum atomic E-state index is -3.94. The molecule has 136 valence electrons. The normalized spacial score (nSPS) is 14.3. The summed E-state index contributed by atoms with van der Waals surface area (Å²) < 4.78 is 32.6. The van der Waals surface area contributed by atoms with Crippen LogP contribution in [0, 0.1) is 0 Å². The van der Waals surface area contributed by atoms with Gasteiger partial charge in [0, 0.05) is 13.0 Å². The Kier molecular flexibility index (Phi) is 4.94. The number of rotatable bonds is 5. The van der Waals surface area contributed by atoms with E-state index >= 15 is 0 Å². The van der Waals surface area contributed by atoms with Gasteiger partial charge in [0.05, 0.1) is 28.9 Å². The third-order valence-electron chi connectivity index (χ3n) is 4.08. The maximum Gasteiger partial charge on any atom is 0.337 e. The number of methoxy groups -OCH3 is 1. The highest BCUT2D eigenvalue weighted by atomic mass is 32.2. The second-order valence-corrected chi connectivity index (χ2v) is 7.47. The average molecular weight is 374 g/mol. The molecule has 0 aromatic heterocycles. The number of nitrogens with one attached hydrogen (secondary N) is 1. The number of benzene rings is 2. The zero-order valence-corrected chi connectivity index (χ0v) is 15.0. The number of amides is 1. The van der Waals surface area contributed by atoms with Crippen molar-refractivity contribution in [2.45, 2.75) is 17.7 Å². The van der Waals surface area contributed by atoms with Gasteiger partial charge in [-0.25, -0.2) is 13.2 Å². The largest absolute Gasteiger partial charge is 0.465 e. The van der Waals surface area contributed by atoms with Crippen molar-refractivity contribution in [1.82, 2.24) is 0 Å². The standard InChI is InChI=1S/C18H18N2O5S/c1-25-18(22)13-6-4-7-14(12-13)26(23,24)19-15-8-2-3-9-16(15)20-11-5-10-17(20)21/h2-4,6-9,12,19H,5,10-11H2,1H3. The van der Waals surface area contributed by atoms with Crippen molar-refractivity contribution in [3.63, 3.8) is 0 Å². The first-order valence-corrected chi connectivity index (χ1v) is 9.51. The van der Waals surface area contributed by atoms with Crippen LogP contribution in [0.1, 0.15) is 23.2 Å². The van der Waals surface area contributed by atoms with E-state index in [1.807, 2.05) is 0 Å². The van der Waals surface area contributed by atoms with Gasteiger partial charge in [0.1, 0.15) is 0 Å². The van der Waals surface area contributed by atoms with E-state index in [-0.39, 0.29) is 16.4 Å². The molecule has 1 saturated heterocycles. The molecule has 0 spiro atoms. The van der Waals surface area contributed by atoms with E-state index in [2.05, 4.69) is 9.46 Å². The fraction of sp³-hybridized carbons (Fsp3) is 0.222. The Labute approximate surface area is 151 Å². The lowest BCUT2D eigenvalue weighted by Gasteiger charge is -2.20. The Morgan fingerprint density at radius 1 is 1.15 bits per heavy atom. The Morgan fingerprint density at radius 2 is 1.92 bits per heavy atom. The molecule has 2 aromatic rings. The molecule has 8 heteroatoms. The molecule has 1 amide bonds. The van der Waals surface area contributed by atoms with Gasteiger partial charge in [-0.15, -0.1) is 0 Å². The fourth-order valence-corrected chi connectivity index (χ4v) is 3.93. The van der Waals surface area contributed by atoms with E-state index < -0.39 is 16.0 Å². The van der Waals surface area contributed by atoms with Crippen molar-refractivity contribution < 1.29 is 22.7 Å². The predicted octanol–water partition coefficient (Wildman–Crippen LogP) is 2.40. The maximum atomic E-state index is 12.7. The van der Waals surface area contributed by atoms with Crippen molar-refractivity contribution in [1.29, 1.82) is 0 Å². The zero-order valence-electron chi connectivity index (χ0n) is 14.1. The molecule has 26 heavy (non-hydrogen) atoms. The molecule has 0 atom stereocenters. The van der Waals surface area contributed by atoms with Crippen LogP contribution in [0.2, 0.25) is 0 Å². The fourth-order valence-electron chi connectivity index (χ4n) is 2.81. The SMILES string of the molecule is COC(=O)c1cccc(S(=O)(=O)Nc2ccccc2N2CCCC2=O)c1. The van der Waals surface area contributed by atoms with Crippen LogP contribution in [0.4, 0.5) is 11.4 Å². The second kappa shape index (κ2) is 7.17. The number of ether oxygens (including phenoxy) is 1. The minimum absolute atomic E-state index is 0.0377. The Balaban J connectivity index is 1.94. The summed E-state index contributed by atoms with van der Waals surface area (Å²) in [6.45, 7) is 0.551. The molecule has 0 unspecified atom stereocenters. The second-order valence-electron chi connectivity index (χ2n) is 5.79. The monoisotopic (exact) mass is 374 g/mol. The number of carbonyl (C=O) groups is 2. The van der Waals surface area contributed by atoms with Gasteiger partial charge in [-0.1, -0.05) is 18.2 Å². The van der Waals surface area contributed by atoms with E-state index in [9.17, 15) is 18.0 Å². The lowest BCUT2D eigenvalue weighted by atomic mass is 10.2. The molecular weight excluding hydrogens is 356 g/mol.